The smallest absolute Gasteiger partial charge is 0.356 e. The lowest BCUT2D eigenvalue weighted by atomic mass is 10.0. The van der Waals surface area contributed by atoms with Crippen LogP contribution in [0.2, 0.25) is 0 Å². The highest BCUT2D eigenvalue weighted by molar-refractivity contribution is 5.84. The van der Waals surface area contributed by atoms with Crippen LogP contribution in [0.15, 0.2) is 12.4 Å². The molecule has 0 aromatic carbocycles. The molecule has 88 valence electrons. The maximum absolute atomic E-state index is 10.5. The molecule has 0 saturated carbocycles. The Bertz CT molecular complexity index is 362. The first-order chi connectivity index (χ1) is 7.44. The van der Waals surface area contributed by atoms with Crippen LogP contribution in [-0.2, 0) is 0 Å². The SMILES string of the molecule is CCC(C)(O)CNc1cnc(C(=O)O)cn1. The van der Waals surface area contributed by atoms with E-state index < -0.39 is 11.6 Å². The highest BCUT2D eigenvalue weighted by Crippen LogP contribution is 2.09. The van der Waals surface area contributed by atoms with Crippen molar-refractivity contribution in [2.45, 2.75) is 25.9 Å². The zero-order valence-electron chi connectivity index (χ0n) is 9.27. The van der Waals surface area contributed by atoms with Gasteiger partial charge in [-0.05, 0) is 13.3 Å². The molecule has 0 aliphatic carbocycles. The summed E-state index contributed by atoms with van der Waals surface area (Å²) in [4.78, 5) is 18.1. The van der Waals surface area contributed by atoms with Crippen molar-refractivity contribution in [3.05, 3.63) is 18.1 Å². The number of nitrogens with one attached hydrogen (secondary N) is 1. The van der Waals surface area contributed by atoms with Crippen molar-refractivity contribution < 1.29 is 15.0 Å². The predicted molar refractivity (Wildman–Crippen MR) is 58.4 cm³/mol. The lowest BCUT2D eigenvalue weighted by Crippen LogP contribution is -2.32. The summed E-state index contributed by atoms with van der Waals surface area (Å²) in [6.45, 7) is 3.92. The van der Waals surface area contributed by atoms with Gasteiger partial charge in [-0.2, -0.15) is 0 Å². The molecule has 0 bridgehead atoms. The minimum atomic E-state index is -1.11. The third kappa shape index (κ3) is 3.47. The Balaban J connectivity index is 2.59. The average Bonchev–Trinajstić information content (AvgIpc) is 2.27. The molecular weight excluding hydrogens is 210 g/mol. The molecule has 16 heavy (non-hydrogen) atoms. The summed E-state index contributed by atoms with van der Waals surface area (Å²) in [6.07, 6.45) is 3.11. The number of anilines is 1. The van der Waals surface area contributed by atoms with E-state index in [-0.39, 0.29) is 5.69 Å². The summed E-state index contributed by atoms with van der Waals surface area (Å²) in [5.74, 6) is -0.668. The lowest BCUT2D eigenvalue weighted by Gasteiger charge is -2.21. The summed E-state index contributed by atoms with van der Waals surface area (Å²) in [5.41, 5.74) is -0.916. The molecule has 0 aliphatic rings. The number of hydrogen-bond donors (Lipinski definition) is 3. The zero-order chi connectivity index (χ0) is 12.2. The molecule has 1 aromatic rings. The van der Waals surface area contributed by atoms with Crippen molar-refractivity contribution in [3.8, 4) is 0 Å². The summed E-state index contributed by atoms with van der Waals surface area (Å²) in [6, 6.07) is 0. The number of carboxylic acid groups (broad SMARTS) is 1. The van der Waals surface area contributed by atoms with Gasteiger partial charge in [-0.15, -0.1) is 0 Å². The van der Waals surface area contributed by atoms with Crippen molar-refractivity contribution >= 4 is 11.8 Å². The van der Waals surface area contributed by atoms with Gasteiger partial charge in [0.2, 0.25) is 0 Å². The van der Waals surface area contributed by atoms with Gasteiger partial charge in [-0.3, -0.25) is 0 Å². The van der Waals surface area contributed by atoms with Crippen LogP contribution in [0.3, 0.4) is 0 Å². The number of rotatable bonds is 5. The predicted octanol–water partition coefficient (Wildman–Crippen LogP) is 0.748. The number of aliphatic hydroxyl groups is 1. The van der Waals surface area contributed by atoms with Crippen LogP contribution < -0.4 is 5.32 Å². The first kappa shape index (κ1) is 12.4. The van der Waals surface area contributed by atoms with E-state index in [1.165, 1.54) is 12.4 Å². The van der Waals surface area contributed by atoms with Gasteiger partial charge in [-0.1, -0.05) is 6.92 Å². The molecular formula is C10H15N3O3. The molecule has 1 atom stereocenters. The van der Waals surface area contributed by atoms with Gasteiger partial charge in [0.1, 0.15) is 5.82 Å². The molecule has 0 fully saturated rings. The molecule has 1 unspecified atom stereocenters. The molecule has 3 N–H and O–H groups in total. The minimum Gasteiger partial charge on any atom is -0.476 e. The van der Waals surface area contributed by atoms with Crippen LogP contribution in [0.1, 0.15) is 30.8 Å². The lowest BCUT2D eigenvalue weighted by molar-refractivity contribution is 0.0682. The Labute approximate surface area is 93.4 Å². The quantitative estimate of drug-likeness (QED) is 0.684. The van der Waals surface area contributed by atoms with Crippen molar-refractivity contribution in [3.63, 3.8) is 0 Å². The summed E-state index contributed by atoms with van der Waals surface area (Å²) in [7, 11) is 0. The van der Waals surface area contributed by atoms with Crippen LogP contribution in [0.5, 0.6) is 0 Å². The molecule has 0 radical (unpaired) electrons. The number of carbonyl (C=O) groups is 1. The Morgan fingerprint density at radius 1 is 1.50 bits per heavy atom. The molecule has 0 saturated heterocycles. The number of aromatic carboxylic acids is 1. The van der Waals surface area contributed by atoms with Gasteiger partial charge >= 0.3 is 5.97 Å². The van der Waals surface area contributed by atoms with Crippen LogP contribution in [0.4, 0.5) is 5.82 Å². The third-order valence-corrected chi connectivity index (χ3v) is 2.28. The minimum absolute atomic E-state index is 0.104. The Kier molecular flexibility index (Phi) is 3.78. The second kappa shape index (κ2) is 4.89. The second-order valence-corrected chi connectivity index (χ2v) is 3.80. The standard InChI is InChI=1S/C10H15N3O3/c1-3-10(2,16)6-13-8-5-11-7(4-12-8)9(14)15/h4-5,16H,3,6H2,1-2H3,(H,12,13)(H,14,15). The number of carboxylic acids is 1. The summed E-state index contributed by atoms with van der Waals surface area (Å²) in [5, 5.41) is 21.2. The molecule has 0 spiro atoms. The number of hydrogen-bond acceptors (Lipinski definition) is 5. The molecule has 6 heteroatoms. The average molecular weight is 225 g/mol. The zero-order valence-corrected chi connectivity index (χ0v) is 9.27. The molecule has 1 heterocycles. The fourth-order valence-electron chi connectivity index (χ4n) is 0.936. The maximum Gasteiger partial charge on any atom is 0.356 e. The fourth-order valence-corrected chi connectivity index (χ4v) is 0.936. The molecule has 0 aliphatic heterocycles. The van der Waals surface area contributed by atoms with Crippen LogP contribution in [0.25, 0.3) is 0 Å². The second-order valence-electron chi connectivity index (χ2n) is 3.80. The van der Waals surface area contributed by atoms with Crippen molar-refractivity contribution in [2.24, 2.45) is 0 Å². The van der Waals surface area contributed by atoms with E-state index in [2.05, 4.69) is 15.3 Å². The van der Waals surface area contributed by atoms with Crippen LogP contribution in [0, 0.1) is 0 Å². The van der Waals surface area contributed by atoms with Crippen LogP contribution in [-0.4, -0.2) is 38.3 Å². The molecule has 1 aromatic heterocycles. The van der Waals surface area contributed by atoms with Gasteiger partial charge in [0.25, 0.3) is 0 Å². The van der Waals surface area contributed by atoms with Gasteiger partial charge in [0.05, 0.1) is 18.0 Å². The van der Waals surface area contributed by atoms with Crippen molar-refractivity contribution in [2.75, 3.05) is 11.9 Å². The van der Waals surface area contributed by atoms with Crippen molar-refractivity contribution in [1.29, 1.82) is 0 Å². The molecule has 0 amide bonds. The van der Waals surface area contributed by atoms with E-state index in [1.807, 2.05) is 6.92 Å². The van der Waals surface area contributed by atoms with E-state index >= 15 is 0 Å². The largest absolute Gasteiger partial charge is 0.476 e. The monoisotopic (exact) mass is 225 g/mol. The Morgan fingerprint density at radius 2 is 2.19 bits per heavy atom. The number of nitrogens with zero attached hydrogens (tertiary/aromatic N) is 2. The van der Waals surface area contributed by atoms with Crippen LogP contribution >= 0.6 is 0 Å². The highest BCUT2D eigenvalue weighted by Gasteiger charge is 2.17. The Morgan fingerprint density at radius 3 is 2.62 bits per heavy atom. The van der Waals surface area contributed by atoms with E-state index in [9.17, 15) is 9.90 Å². The van der Waals surface area contributed by atoms with Crippen molar-refractivity contribution in [1.82, 2.24) is 9.97 Å². The highest BCUT2D eigenvalue weighted by atomic mass is 16.4. The third-order valence-electron chi connectivity index (χ3n) is 2.28. The Hall–Kier alpha value is -1.69. The summed E-state index contributed by atoms with van der Waals surface area (Å²) < 4.78 is 0. The molecule has 6 nitrogen and oxygen atoms in total. The summed E-state index contributed by atoms with van der Waals surface area (Å²) >= 11 is 0. The first-order valence-corrected chi connectivity index (χ1v) is 4.96. The number of aromatic nitrogens is 2. The topological polar surface area (TPSA) is 95.3 Å². The maximum atomic E-state index is 10.5. The normalized spacial score (nSPS) is 14.2. The van der Waals surface area contributed by atoms with Gasteiger partial charge < -0.3 is 15.5 Å². The van der Waals surface area contributed by atoms with E-state index in [4.69, 9.17) is 5.11 Å². The van der Waals surface area contributed by atoms with E-state index in [0.29, 0.717) is 18.8 Å². The first-order valence-electron chi connectivity index (χ1n) is 4.96. The van der Waals surface area contributed by atoms with Gasteiger partial charge in [0, 0.05) is 6.54 Å². The van der Waals surface area contributed by atoms with E-state index in [0.717, 1.165) is 0 Å². The molecule has 1 rings (SSSR count). The van der Waals surface area contributed by atoms with E-state index in [1.54, 1.807) is 6.92 Å². The van der Waals surface area contributed by atoms with Gasteiger partial charge in [0.15, 0.2) is 5.69 Å². The van der Waals surface area contributed by atoms with Gasteiger partial charge in [-0.25, -0.2) is 14.8 Å². The fraction of sp³-hybridized carbons (Fsp3) is 0.500.